The first-order chi connectivity index (χ1) is 10.00. The molecule has 106 valence electrons. The van der Waals surface area contributed by atoms with Crippen molar-refractivity contribution in [3.05, 3.63) is 70.1 Å². The number of rotatable bonds is 4. The van der Waals surface area contributed by atoms with E-state index in [1.165, 1.54) is 18.2 Å². The first kappa shape index (κ1) is 15.1. The number of hydrogen-bond acceptors (Lipinski definition) is 4. The van der Waals surface area contributed by atoms with Gasteiger partial charge >= 0.3 is 10.1 Å². The third kappa shape index (κ3) is 4.35. The maximum absolute atomic E-state index is 11.9. The molecule has 21 heavy (non-hydrogen) atoms. The van der Waals surface area contributed by atoms with Gasteiger partial charge in [-0.3, -0.25) is 0 Å². The minimum atomic E-state index is -3.94. The van der Waals surface area contributed by atoms with E-state index in [4.69, 9.17) is 21.0 Å². The molecule has 2 aromatic carbocycles. The van der Waals surface area contributed by atoms with Crippen molar-refractivity contribution in [2.24, 2.45) is 0 Å². The predicted octanol–water partition coefficient (Wildman–Crippen LogP) is 3.59. The number of nitriles is 1. The van der Waals surface area contributed by atoms with Gasteiger partial charge in [-0.25, -0.2) is 0 Å². The molecule has 2 aromatic rings. The summed E-state index contributed by atoms with van der Waals surface area (Å²) in [6.45, 7) is 0. The van der Waals surface area contributed by atoms with Crippen molar-refractivity contribution in [3.8, 4) is 11.8 Å². The molecule has 0 spiro atoms. The second-order valence-corrected chi connectivity index (χ2v) is 5.90. The zero-order valence-electron chi connectivity index (χ0n) is 10.7. The minimum absolute atomic E-state index is 0.000700. The van der Waals surface area contributed by atoms with Crippen LogP contribution in [0.3, 0.4) is 0 Å². The first-order valence-electron chi connectivity index (χ1n) is 5.87. The quantitative estimate of drug-likeness (QED) is 0.808. The topological polar surface area (TPSA) is 67.2 Å². The molecule has 2 rings (SSSR count). The van der Waals surface area contributed by atoms with E-state index in [-0.39, 0.29) is 11.3 Å². The number of benzene rings is 2. The predicted molar refractivity (Wildman–Crippen MR) is 81.2 cm³/mol. The van der Waals surface area contributed by atoms with Crippen molar-refractivity contribution < 1.29 is 12.6 Å². The van der Waals surface area contributed by atoms with Gasteiger partial charge in [0.1, 0.15) is 6.07 Å². The maximum atomic E-state index is 11.9. The smallest absolute Gasteiger partial charge is 0.332 e. The summed E-state index contributed by atoms with van der Waals surface area (Å²) in [4.78, 5) is 0. The van der Waals surface area contributed by atoms with E-state index in [0.717, 1.165) is 5.41 Å². The summed E-state index contributed by atoms with van der Waals surface area (Å²) in [6, 6.07) is 14.7. The molecule has 4 nitrogen and oxygen atoms in total. The SMILES string of the molecule is N#Cc1ccccc1OS(=O)(=O)C=Cc1ccc(Cl)cc1. The monoisotopic (exact) mass is 319 g/mol. The van der Waals surface area contributed by atoms with Gasteiger partial charge in [-0.15, -0.1) is 0 Å². The Labute approximate surface area is 128 Å². The van der Waals surface area contributed by atoms with Crippen molar-refractivity contribution >= 4 is 27.8 Å². The summed E-state index contributed by atoms with van der Waals surface area (Å²) in [5.74, 6) is 0.000700. The molecule has 0 amide bonds. The molecule has 0 heterocycles. The molecule has 0 unspecified atom stereocenters. The van der Waals surface area contributed by atoms with Gasteiger partial charge in [-0.05, 0) is 35.9 Å². The lowest BCUT2D eigenvalue weighted by Gasteiger charge is -2.04. The highest BCUT2D eigenvalue weighted by Crippen LogP contribution is 2.19. The van der Waals surface area contributed by atoms with Crippen LogP contribution >= 0.6 is 11.6 Å². The Morgan fingerprint density at radius 2 is 1.76 bits per heavy atom. The van der Waals surface area contributed by atoms with Gasteiger partial charge in [0.05, 0.1) is 11.0 Å². The average Bonchev–Trinajstić information content (AvgIpc) is 2.47. The van der Waals surface area contributed by atoms with Crippen LogP contribution in [0.2, 0.25) is 5.02 Å². The van der Waals surface area contributed by atoms with E-state index < -0.39 is 10.1 Å². The summed E-state index contributed by atoms with van der Waals surface area (Å²) < 4.78 is 28.6. The average molecular weight is 320 g/mol. The van der Waals surface area contributed by atoms with Gasteiger partial charge in [0.15, 0.2) is 5.75 Å². The first-order valence-corrected chi connectivity index (χ1v) is 7.72. The summed E-state index contributed by atoms with van der Waals surface area (Å²) >= 11 is 5.74. The Morgan fingerprint density at radius 3 is 2.43 bits per heavy atom. The van der Waals surface area contributed by atoms with Crippen LogP contribution in [0.25, 0.3) is 6.08 Å². The molecule has 0 bridgehead atoms. The largest absolute Gasteiger partial charge is 0.378 e. The number of halogens is 1. The molecular weight excluding hydrogens is 310 g/mol. The molecule has 0 atom stereocenters. The molecule has 0 radical (unpaired) electrons. The Hall–Kier alpha value is -2.29. The number of para-hydroxylation sites is 1. The van der Waals surface area contributed by atoms with E-state index in [0.29, 0.717) is 10.6 Å². The third-order valence-electron chi connectivity index (χ3n) is 2.51. The molecule has 0 aliphatic rings. The van der Waals surface area contributed by atoms with Gasteiger partial charge in [0.25, 0.3) is 0 Å². The van der Waals surface area contributed by atoms with E-state index in [2.05, 4.69) is 0 Å². The lowest BCUT2D eigenvalue weighted by atomic mass is 10.2. The molecule has 0 saturated heterocycles. The summed E-state index contributed by atoms with van der Waals surface area (Å²) in [5.41, 5.74) is 0.820. The number of nitrogens with zero attached hydrogens (tertiary/aromatic N) is 1. The molecule has 0 saturated carbocycles. The van der Waals surface area contributed by atoms with Gasteiger partial charge in [-0.1, -0.05) is 35.9 Å². The van der Waals surface area contributed by atoms with Gasteiger partial charge in [0.2, 0.25) is 0 Å². The fourth-order valence-corrected chi connectivity index (χ4v) is 2.42. The number of hydrogen-bond donors (Lipinski definition) is 0. The highest BCUT2D eigenvalue weighted by Gasteiger charge is 2.11. The van der Waals surface area contributed by atoms with E-state index >= 15 is 0 Å². The van der Waals surface area contributed by atoms with Crippen molar-refractivity contribution in [2.45, 2.75) is 0 Å². The van der Waals surface area contributed by atoms with Crippen LogP contribution in [0.5, 0.6) is 5.75 Å². The minimum Gasteiger partial charge on any atom is -0.378 e. The fourth-order valence-electron chi connectivity index (χ4n) is 1.52. The van der Waals surface area contributed by atoms with Gasteiger partial charge in [0, 0.05) is 5.02 Å². The molecule has 0 N–H and O–H groups in total. The van der Waals surface area contributed by atoms with E-state index in [1.807, 2.05) is 6.07 Å². The van der Waals surface area contributed by atoms with Crippen molar-refractivity contribution in [3.63, 3.8) is 0 Å². The van der Waals surface area contributed by atoms with E-state index in [9.17, 15) is 8.42 Å². The molecular formula is C15H10ClNO3S. The van der Waals surface area contributed by atoms with E-state index in [1.54, 1.807) is 36.4 Å². The van der Waals surface area contributed by atoms with Crippen LogP contribution < -0.4 is 4.18 Å². The van der Waals surface area contributed by atoms with Gasteiger partial charge < -0.3 is 4.18 Å². The Kier molecular flexibility index (Phi) is 4.63. The van der Waals surface area contributed by atoms with Crippen LogP contribution in [0.4, 0.5) is 0 Å². The summed E-state index contributed by atoms with van der Waals surface area (Å²) in [7, 11) is -3.94. The molecule has 0 aromatic heterocycles. The zero-order chi connectivity index (χ0) is 15.3. The zero-order valence-corrected chi connectivity index (χ0v) is 12.3. The highest BCUT2D eigenvalue weighted by atomic mass is 35.5. The van der Waals surface area contributed by atoms with Crippen LogP contribution in [0.1, 0.15) is 11.1 Å². The van der Waals surface area contributed by atoms with Gasteiger partial charge in [-0.2, -0.15) is 13.7 Å². The van der Waals surface area contributed by atoms with Crippen LogP contribution in [0.15, 0.2) is 53.9 Å². The second-order valence-electron chi connectivity index (χ2n) is 4.04. The second kappa shape index (κ2) is 6.44. The van der Waals surface area contributed by atoms with Crippen molar-refractivity contribution in [1.82, 2.24) is 0 Å². The van der Waals surface area contributed by atoms with Crippen LogP contribution in [-0.2, 0) is 10.1 Å². The van der Waals surface area contributed by atoms with Crippen LogP contribution in [0, 0.1) is 11.3 Å². The van der Waals surface area contributed by atoms with Crippen molar-refractivity contribution in [1.29, 1.82) is 5.26 Å². The Balaban J connectivity index is 2.19. The van der Waals surface area contributed by atoms with Crippen molar-refractivity contribution in [2.75, 3.05) is 0 Å². The molecule has 6 heteroatoms. The fraction of sp³-hybridized carbons (Fsp3) is 0. The lowest BCUT2D eigenvalue weighted by Crippen LogP contribution is -2.06. The highest BCUT2D eigenvalue weighted by molar-refractivity contribution is 7.90. The molecule has 0 aliphatic carbocycles. The Morgan fingerprint density at radius 1 is 1.10 bits per heavy atom. The maximum Gasteiger partial charge on any atom is 0.332 e. The normalized spacial score (nSPS) is 11.2. The Bertz CT molecular complexity index is 806. The molecule has 0 aliphatic heterocycles. The lowest BCUT2D eigenvalue weighted by molar-refractivity contribution is 0.496. The molecule has 0 fully saturated rings. The standard InChI is InChI=1S/C15H10ClNO3S/c16-14-7-5-12(6-8-14)9-10-21(18,19)20-15-4-2-1-3-13(15)11-17/h1-10H. The summed E-state index contributed by atoms with van der Waals surface area (Å²) in [6.07, 6.45) is 1.39. The summed E-state index contributed by atoms with van der Waals surface area (Å²) in [5, 5.41) is 10.4. The third-order valence-corrected chi connectivity index (χ3v) is 3.64. The van der Waals surface area contributed by atoms with Crippen LogP contribution in [-0.4, -0.2) is 8.42 Å².